The van der Waals surface area contributed by atoms with E-state index in [-0.39, 0.29) is 18.4 Å². The van der Waals surface area contributed by atoms with Crippen molar-refractivity contribution in [3.63, 3.8) is 0 Å². The Bertz CT molecular complexity index is 1190. The van der Waals surface area contributed by atoms with Gasteiger partial charge in [-0.05, 0) is 62.1 Å². The number of anilines is 1. The van der Waals surface area contributed by atoms with Crippen LogP contribution in [0.5, 0.6) is 0 Å². The van der Waals surface area contributed by atoms with Crippen molar-refractivity contribution >= 4 is 23.1 Å². The molecule has 0 saturated heterocycles. The molecule has 156 valence electrons. The Morgan fingerprint density at radius 2 is 1.32 bits per heavy atom. The molecule has 0 aromatic heterocycles. The first kappa shape index (κ1) is 20.6. The highest BCUT2D eigenvalue weighted by Gasteiger charge is 2.39. The highest BCUT2D eigenvalue weighted by Crippen LogP contribution is 2.32. The molecule has 1 N–H and O–H groups in total. The summed E-state index contributed by atoms with van der Waals surface area (Å²) >= 11 is 0. The van der Waals surface area contributed by atoms with Crippen molar-refractivity contribution in [2.75, 3.05) is 5.32 Å². The van der Waals surface area contributed by atoms with Gasteiger partial charge in [0.15, 0.2) is 0 Å². The molecule has 2 amide bonds. The number of amides is 2. The number of nitrogens with zero attached hydrogens (tertiary/aromatic N) is 1. The summed E-state index contributed by atoms with van der Waals surface area (Å²) < 4.78 is 0. The van der Waals surface area contributed by atoms with Crippen molar-refractivity contribution in [1.29, 1.82) is 0 Å². The van der Waals surface area contributed by atoms with Crippen molar-refractivity contribution in [3.05, 3.63) is 106 Å². The van der Waals surface area contributed by atoms with Gasteiger partial charge in [0.2, 0.25) is 0 Å². The fourth-order valence-electron chi connectivity index (χ4n) is 3.66. The monoisotopic (exact) mass is 410 g/mol. The van der Waals surface area contributed by atoms with Gasteiger partial charge in [0.25, 0.3) is 11.8 Å². The van der Waals surface area contributed by atoms with Crippen LogP contribution in [0.25, 0.3) is 5.57 Å². The van der Waals surface area contributed by atoms with E-state index in [0.717, 1.165) is 33.5 Å². The first-order chi connectivity index (χ1) is 14.8. The maximum Gasteiger partial charge on any atom is 0.278 e. The highest BCUT2D eigenvalue weighted by molar-refractivity contribution is 6.36. The molecule has 0 saturated carbocycles. The summed E-state index contributed by atoms with van der Waals surface area (Å²) in [5.74, 6) is -0.583. The number of carbonyl (C=O) groups is 2. The summed E-state index contributed by atoms with van der Waals surface area (Å²) in [4.78, 5) is 28.1. The first-order valence-corrected chi connectivity index (χ1v) is 10.4. The SMILES string of the molecule is Cc1ccc(CN2C(=O)C(Nc3ccc(C)c(C)c3)=C(c3ccc(C)cc3)C2=O)cc1. The summed E-state index contributed by atoms with van der Waals surface area (Å²) in [6, 6.07) is 21.5. The molecule has 0 aliphatic carbocycles. The Labute approximate surface area is 183 Å². The standard InChI is InChI=1S/C27H26N2O2/c1-17-5-10-21(11-6-17)16-29-26(30)24(22-12-7-18(2)8-13-22)25(27(29)31)28-23-14-9-19(3)20(4)15-23/h5-15,28H,16H2,1-4H3. The zero-order valence-electron chi connectivity index (χ0n) is 18.3. The Hall–Kier alpha value is -3.66. The molecular weight excluding hydrogens is 384 g/mol. The van der Waals surface area contributed by atoms with Crippen LogP contribution in [0.1, 0.15) is 33.4 Å². The third kappa shape index (κ3) is 4.15. The molecule has 31 heavy (non-hydrogen) atoms. The third-order valence-corrected chi connectivity index (χ3v) is 5.75. The van der Waals surface area contributed by atoms with E-state index in [1.807, 2.05) is 94.4 Å². The molecular formula is C27H26N2O2. The summed E-state index contributed by atoms with van der Waals surface area (Å²) in [6.07, 6.45) is 0. The van der Waals surface area contributed by atoms with Crippen LogP contribution < -0.4 is 5.32 Å². The molecule has 0 bridgehead atoms. The van der Waals surface area contributed by atoms with Crippen molar-refractivity contribution < 1.29 is 9.59 Å². The van der Waals surface area contributed by atoms with Gasteiger partial charge in [0, 0.05) is 5.69 Å². The van der Waals surface area contributed by atoms with E-state index >= 15 is 0 Å². The minimum absolute atomic E-state index is 0.241. The second-order valence-corrected chi connectivity index (χ2v) is 8.22. The lowest BCUT2D eigenvalue weighted by molar-refractivity contribution is -0.137. The van der Waals surface area contributed by atoms with Crippen LogP contribution in [0.4, 0.5) is 5.69 Å². The second-order valence-electron chi connectivity index (χ2n) is 8.22. The quantitative estimate of drug-likeness (QED) is 0.580. The van der Waals surface area contributed by atoms with Crippen molar-refractivity contribution in [3.8, 4) is 0 Å². The van der Waals surface area contributed by atoms with Crippen LogP contribution in [0.2, 0.25) is 0 Å². The van der Waals surface area contributed by atoms with Gasteiger partial charge in [-0.25, -0.2) is 0 Å². The van der Waals surface area contributed by atoms with Crippen LogP contribution >= 0.6 is 0 Å². The van der Waals surface area contributed by atoms with Crippen molar-refractivity contribution in [2.24, 2.45) is 0 Å². The zero-order chi connectivity index (χ0) is 22.1. The van der Waals surface area contributed by atoms with Crippen molar-refractivity contribution in [1.82, 2.24) is 4.90 Å². The predicted molar refractivity (Wildman–Crippen MR) is 124 cm³/mol. The fraction of sp³-hybridized carbons (Fsp3) is 0.185. The maximum absolute atomic E-state index is 13.4. The number of carbonyl (C=O) groups excluding carboxylic acids is 2. The van der Waals surface area contributed by atoms with E-state index in [0.29, 0.717) is 11.3 Å². The van der Waals surface area contributed by atoms with Gasteiger partial charge in [-0.1, -0.05) is 65.7 Å². The van der Waals surface area contributed by atoms with Crippen molar-refractivity contribution in [2.45, 2.75) is 34.2 Å². The van der Waals surface area contributed by atoms with Crippen LogP contribution in [0, 0.1) is 27.7 Å². The van der Waals surface area contributed by atoms with E-state index in [9.17, 15) is 9.59 Å². The molecule has 4 rings (SSSR count). The average Bonchev–Trinajstić information content (AvgIpc) is 2.97. The van der Waals surface area contributed by atoms with E-state index in [1.54, 1.807) is 0 Å². The number of hydrogen-bond acceptors (Lipinski definition) is 3. The van der Waals surface area contributed by atoms with Crippen LogP contribution in [0.3, 0.4) is 0 Å². The molecule has 0 atom stereocenters. The van der Waals surface area contributed by atoms with Gasteiger partial charge in [-0.2, -0.15) is 0 Å². The Morgan fingerprint density at radius 3 is 1.94 bits per heavy atom. The van der Waals surface area contributed by atoms with Crippen LogP contribution in [-0.4, -0.2) is 16.7 Å². The molecule has 0 radical (unpaired) electrons. The molecule has 4 heteroatoms. The summed E-state index contributed by atoms with van der Waals surface area (Å²) in [6.45, 7) is 8.33. The second kappa shape index (κ2) is 8.23. The molecule has 0 fully saturated rings. The topological polar surface area (TPSA) is 49.4 Å². The lowest BCUT2D eigenvalue weighted by atomic mass is 10.0. The smallest absolute Gasteiger partial charge is 0.278 e. The van der Waals surface area contributed by atoms with E-state index in [4.69, 9.17) is 0 Å². The normalized spacial score (nSPS) is 13.9. The number of hydrogen-bond donors (Lipinski definition) is 1. The number of rotatable bonds is 5. The van der Waals surface area contributed by atoms with E-state index in [2.05, 4.69) is 5.32 Å². The van der Waals surface area contributed by atoms with Gasteiger partial charge in [0.1, 0.15) is 5.70 Å². The van der Waals surface area contributed by atoms with Crippen LogP contribution in [-0.2, 0) is 16.1 Å². The lowest BCUT2D eigenvalue weighted by Gasteiger charge is -2.16. The highest BCUT2D eigenvalue weighted by atomic mass is 16.2. The summed E-state index contributed by atoms with van der Waals surface area (Å²) in [7, 11) is 0. The minimum Gasteiger partial charge on any atom is -0.350 e. The fourth-order valence-corrected chi connectivity index (χ4v) is 3.66. The zero-order valence-corrected chi connectivity index (χ0v) is 18.3. The van der Waals surface area contributed by atoms with Gasteiger partial charge in [-0.3, -0.25) is 14.5 Å². The Morgan fingerprint density at radius 1 is 0.710 bits per heavy atom. The minimum atomic E-state index is -0.306. The van der Waals surface area contributed by atoms with Gasteiger partial charge in [-0.15, -0.1) is 0 Å². The molecule has 3 aromatic carbocycles. The Balaban J connectivity index is 1.74. The van der Waals surface area contributed by atoms with Gasteiger partial charge >= 0.3 is 0 Å². The molecule has 0 spiro atoms. The third-order valence-electron chi connectivity index (χ3n) is 5.75. The first-order valence-electron chi connectivity index (χ1n) is 10.4. The van der Waals surface area contributed by atoms with Gasteiger partial charge in [0.05, 0.1) is 12.1 Å². The Kier molecular flexibility index (Phi) is 5.47. The molecule has 1 aliphatic rings. The molecule has 0 unspecified atom stereocenters. The number of nitrogens with one attached hydrogen (secondary N) is 1. The molecule has 3 aromatic rings. The number of imide groups is 1. The number of benzene rings is 3. The number of aryl methyl sites for hydroxylation is 4. The van der Waals surface area contributed by atoms with Crippen LogP contribution in [0.15, 0.2) is 72.4 Å². The van der Waals surface area contributed by atoms with E-state index in [1.165, 1.54) is 10.5 Å². The average molecular weight is 411 g/mol. The summed E-state index contributed by atoms with van der Waals surface area (Å²) in [5, 5.41) is 3.24. The lowest BCUT2D eigenvalue weighted by Crippen LogP contribution is -2.32. The molecule has 4 nitrogen and oxygen atoms in total. The summed E-state index contributed by atoms with van der Waals surface area (Å²) in [5.41, 5.74) is 7.72. The maximum atomic E-state index is 13.4. The molecule has 1 aliphatic heterocycles. The molecule has 1 heterocycles. The van der Waals surface area contributed by atoms with E-state index < -0.39 is 0 Å². The van der Waals surface area contributed by atoms with Gasteiger partial charge < -0.3 is 5.32 Å². The predicted octanol–water partition coefficient (Wildman–Crippen LogP) is 5.31. The largest absolute Gasteiger partial charge is 0.350 e.